The van der Waals surface area contributed by atoms with Crippen LogP contribution < -0.4 is 5.73 Å². The van der Waals surface area contributed by atoms with E-state index in [0.717, 1.165) is 24.1 Å². The van der Waals surface area contributed by atoms with Crippen molar-refractivity contribution in [2.24, 2.45) is 10.6 Å². The van der Waals surface area contributed by atoms with Crippen LogP contribution in [0.1, 0.15) is 31.5 Å². The zero-order valence-corrected chi connectivity index (χ0v) is 8.86. The van der Waals surface area contributed by atoms with Crippen LogP contribution in [-0.2, 0) is 6.42 Å². The summed E-state index contributed by atoms with van der Waals surface area (Å²) < 4.78 is 0. The zero-order valence-electron chi connectivity index (χ0n) is 8.86. The summed E-state index contributed by atoms with van der Waals surface area (Å²) in [4.78, 5) is 8.10. The maximum Gasteiger partial charge on any atom is 0.220 e. The van der Waals surface area contributed by atoms with E-state index in [1.165, 1.54) is 0 Å². The molecule has 5 heteroatoms. The van der Waals surface area contributed by atoms with Gasteiger partial charge in [-0.25, -0.2) is 9.97 Å². The summed E-state index contributed by atoms with van der Waals surface area (Å²) in [5.41, 5.74) is 7.90. The Morgan fingerprint density at radius 3 is 2.87 bits per heavy atom. The zero-order chi connectivity index (χ0) is 11.1. The molecule has 1 aromatic rings. The van der Waals surface area contributed by atoms with E-state index < -0.39 is 0 Å². The van der Waals surface area contributed by atoms with E-state index in [0.29, 0.717) is 5.71 Å². The molecule has 0 fully saturated rings. The second-order valence-electron chi connectivity index (χ2n) is 4.65. The number of anilines is 1. The fourth-order valence-electron chi connectivity index (χ4n) is 1.96. The van der Waals surface area contributed by atoms with Gasteiger partial charge < -0.3 is 10.9 Å². The molecule has 15 heavy (non-hydrogen) atoms. The van der Waals surface area contributed by atoms with E-state index in [1.54, 1.807) is 6.20 Å². The molecule has 1 aliphatic carbocycles. The molecule has 0 saturated carbocycles. The third-order valence-corrected chi connectivity index (χ3v) is 2.61. The van der Waals surface area contributed by atoms with Crippen LogP contribution in [-0.4, -0.2) is 20.9 Å². The quantitative estimate of drug-likeness (QED) is 0.493. The first kappa shape index (κ1) is 9.89. The van der Waals surface area contributed by atoms with Crippen molar-refractivity contribution < 1.29 is 5.21 Å². The van der Waals surface area contributed by atoms with Gasteiger partial charge in [0.2, 0.25) is 5.95 Å². The number of aromatic nitrogens is 2. The van der Waals surface area contributed by atoms with E-state index in [-0.39, 0.29) is 11.4 Å². The maximum atomic E-state index is 8.94. The molecular weight excluding hydrogens is 192 g/mol. The van der Waals surface area contributed by atoms with E-state index in [1.807, 2.05) is 0 Å². The monoisotopic (exact) mass is 206 g/mol. The Hall–Kier alpha value is -1.65. The van der Waals surface area contributed by atoms with Crippen LogP contribution in [0.5, 0.6) is 0 Å². The summed E-state index contributed by atoms with van der Waals surface area (Å²) in [7, 11) is 0. The van der Waals surface area contributed by atoms with Crippen molar-refractivity contribution >= 4 is 11.7 Å². The third kappa shape index (κ3) is 1.77. The predicted octanol–water partition coefficient (Wildman–Crippen LogP) is 1.21. The number of oxime groups is 1. The summed E-state index contributed by atoms with van der Waals surface area (Å²) in [5.74, 6) is 0.267. The van der Waals surface area contributed by atoms with Crippen molar-refractivity contribution in [3.05, 3.63) is 17.5 Å². The van der Waals surface area contributed by atoms with Gasteiger partial charge in [0, 0.05) is 11.8 Å². The third-order valence-electron chi connectivity index (χ3n) is 2.61. The first-order chi connectivity index (χ1) is 7.02. The minimum atomic E-state index is 0.0509. The van der Waals surface area contributed by atoms with Crippen LogP contribution in [0.25, 0.3) is 0 Å². The first-order valence-electron chi connectivity index (χ1n) is 4.84. The van der Waals surface area contributed by atoms with Crippen molar-refractivity contribution in [3.8, 4) is 0 Å². The van der Waals surface area contributed by atoms with Crippen LogP contribution in [0.2, 0.25) is 0 Å². The second kappa shape index (κ2) is 3.18. The molecule has 5 nitrogen and oxygen atoms in total. The van der Waals surface area contributed by atoms with E-state index in [9.17, 15) is 0 Å². The molecule has 3 N–H and O–H groups in total. The van der Waals surface area contributed by atoms with Gasteiger partial charge in [-0.1, -0.05) is 19.0 Å². The van der Waals surface area contributed by atoms with Crippen molar-refractivity contribution in [1.29, 1.82) is 0 Å². The van der Waals surface area contributed by atoms with E-state index in [2.05, 4.69) is 29.0 Å². The molecular formula is C10H14N4O. The van der Waals surface area contributed by atoms with Gasteiger partial charge in [0.05, 0.1) is 11.4 Å². The van der Waals surface area contributed by atoms with E-state index in [4.69, 9.17) is 10.9 Å². The first-order valence-corrected chi connectivity index (χ1v) is 4.84. The highest BCUT2D eigenvalue weighted by atomic mass is 16.4. The summed E-state index contributed by atoms with van der Waals surface area (Å²) in [6.45, 7) is 4.22. The highest BCUT2D eigenvalue weighted by Gasteiger charge is 2.31. The van der Waals surface area contributed by atoms with Gasteiger partial charge in [0.15, 0.2) is 0 Å². The minimum Gasteiger partial charge on any atom is -0.411 e. The number of nitrogen functional groups attached to an aromatic ring is 1. The SMILES string of the molecule is CC1(C)CC(=NO)c2cnc(N)nc2C1. The van der Waals surface area contributed by atoms with Gasteiger partial charge >= 0.3 is 0 Å². The minimum absolute atomic E-state index is 0.0509. The molecule has 1 heterocycles. The van der Waals surface area contributed by atoms with Gasteiger partial charge in [0.1, 0.15) is 0 Å². The number of nitrogens with two attached hydrogens (primary N) is 1. The molecule has 0 radical (unpaired) electrons. The Bertz CT molecular complexity index is 425. The Morgan fingerprint density at radius 2 is 2.20 bits per heavy atom. The number of rotatable bonds is 0. The van der Waals surface area contributed by atoms with Crippen LogP contribution >= 0.6 is 0 Å². The molecule has 0 amide bonds. The summed E-state index contributed by atoms with van der Waals surface area (Å²) >= 11 is 0. The summed E-state index contributed by atoms with van der Waals surface area (Å²) in [6, 6.07) is 0. The van der Waals surface area contributed by atoms with Gasteiger partial charge in [-0.3, -0.25) is 0 Å². The smallest absolute Gasteiger partial charge is 0.220 e. The number of hydrogen-bond donors (Lipinski definition) is 2. The molecule has 1 aliphatic rings. The maximum absolute atomic E-state index is 8.94. The topological polar surface area (TPSA) is 84.4 Å². The lowest BCUT2D eigenvalue weighted by molar-refractivity contribution is 0.305. The molecule has 0 aromatic carbocycles. The number of hydrogen-bond acceptors (Lipinski definition) is 5. The second-order valence-corrected chi connectivity index (χ2v) is 4.65. The Morgan fingerprint density at radius 1 is 1.47 bits per heavy atom. The molecule has 0 bridgehead atoms. The van der Waals surface area contributed by atoms with Crippen molar-refractivity contribution in [3.63, 3.8) is 0 Å². The Kier molecular flexibility index (Phi) is 2.10. The van der Waals surface area contributed by atoms with Gasteiger partial charge in [-0.15, -0.1) is 0 Å². The molecule has 1 aromatic heterocycles. The standard InChI is InChI=1S/C10H14N4O/c1-10(2)3-7-6(8(4-10)14-15)5-12-9(11)13-7/h5,15H,3-4H2,1-2H3,(H2,11,12,13). The summed E-state index contributed by atoms with van der Waals surface area (Å²) in [5, 5.41) is 12.3. The highest BCUT2D eigenvalue weighted by molar-refractivity contribution is 6.02. The van der Waals surface area contributed by atoms with Gasteiger partial charge in [-0.2, -0.15) is 0 Å². The molecule has 0 spiro atoms. The van der Waals surface area contributed by atoms with E-state index >= 15 is 0 Å². The molecule has 2 rings (SSSR count). The average molecular weight is 206 g/mol. The van der Waals surface area contributed by atoms with Crippen molar-refractivity contribution in [1.82, 2.24) is 9.97 Å². The fourth-order valence-corrected chi connectivity index (χ4v) is 1.96. The lowest BCUT2D eigenvalue weighted by Crippen LogP contribution is -2.29. The number of nitrogens with zero attached hydrogens (tertiary/aromatic N) is 3. The highest BCUT2D eigenvalue weighted by Crippen LogP contribution is 2.33. The van der Waals surface area contributed by atoms with Crippen LogP contribution in [0.3, 0.4) is 0 Å². The van der Waals surface area contributed by atoms with Crippen molar-refractivity contribution in [2.75, 3.05) is 5.73 Å². The molecule has 0 unspecified atom stereocenters. The average Bonchev–Trinajstić information content (AvgIpc) is 2.14. The normalized spacial score (nSPS) is 21.3. The van der Waals surface area contributed by atoms with Crippen LogP contribution in [0, 0.1) is 5.41 Å². The Labute approximate surface area is 88.0 Å². The fraction of sp³-hybridized carbons (Fsp3) is 0.500. The predicted molar refractivity (Wildman–Crippen MR) is 56.9 cm³/mol. The molecule has 0 aliphatic heterocycles. The Balaban J connectivity index is 2.54. The van der Waals surface area contributed by atoms with Crippen LogP contribution in [0.4, 0.5) is 5.95 Å². The molecule has 0 saturated heterocycles. The lowest BCUT2D eigenvalue weighted by Gasteiger charge is -2.30. The largest absolute Gasteiger partial charge is 0.411 e. The van der Waals surface area contributed by atoms with Crippen molar-refractivity contribution in [2.45, 2.75) is 26.7 Å². The molecule has 80 valence electrons. The van der Waals surface area contributed by atoms with Gasteiger partial charge in [-0.05, 0) is 18.3 Å². The summed E-state index contributed by atoms with van der Waals surface area (Å²) in [6.07, 6.45) is 3.18. The lowest BCUT2D eigenvalue weighted by atomic mass is 9.76. The van der Waals surface area contributed by atoms with Crippen LogP contribution in [0.15, 0.2) is 11.4 Å². The number of fused-ring (bicyclic) bond motifs is 1. The van der Waals surface area contributed by atoms with Gasteiger partial charge in [0.25, 0.3) is 0 Å². The molecule has 0 atom stereocenters.